The molecule has 0 unspecified atom stereocenters. The highest BCUT2D eigenvalue weighted by molar-refractivity contribution is 5.92. The van der Waals surface area contributed by atoms with Crippen LogP contribution in [0.2, 0.25) is 0 Å². The van der Waals surface area contributed by atoms with Crippen molar-refractivity contribution in [3.05, 3.63) is 90.7 Å². The van der Waals surface area contributed by atoms with Gasteiger partial charge in [0.05, 0.1) is 23.4 Å². The Balaban J connectivity index is 1.43. The Bertz CT molecular complexity index is 1360. The molecule has 152 valence electrons. The molecule has 0 aliphatic rings. The maximum Gasteiger partial charge on any atom is 0.228 e. The first-order valence-corrected chi connectivity index (χ1v) is 9.87. The van der Waals surface area contributed by atoms with E-state index < -0.39 is 0 Å². The largest absolute Gasteiger partial charge is 0.360 e. The Hall–Kier alpha value is -4.26. The maximum absolute atomic E-state index is 12.4. The topological polar surface area (TPSA) is 85.3 Å². The molecule has 7 heteroatoms. The lowest BCUT2D eigenvalue weighted by molar-refractivity contribution is -0.115. The maximum atomic E-state index is 12.4. The molecule has 1 amide bonds. The summed E-state index contributed by atoms with van der Waals surface area (Å²) < 4.78 is 7.36. The van der Waals surface area contributed by atoms with Crippen molar-refractivity contribution in [3.63, 3.8) is 0 Å². The molecule has 4 aromatic heterocycles. The third kappa shape index (κ3) is 3.81. The van der Waals surface area contributed by atoms with Crippen LogP contribution in [-0.2, 0) is 11.2 Å². The van der Waals surface area contributed by atoms with E-state index in [2.05, 4.69) is 15.5 Å². The van der Waals surface area contributed by atoms with Gasteiger partial charge in [0.2, 0.25) is 5.91 Å². The summed E-state index contributed by atoms with van der Waals surface area (Å²) in [7, 11) is 0. The number of nitrogens with one attached hydrogen (secondary N) is 1. The number of hydrogen-bond acceptors (Lipinski definition) is 5. The van der Waals surface area contributed by atoms with Gasteiger partial charge in [0.1, 0.15) is 17.1 Å². The van der Waals surface area contributed by atoms with Crippen LogP contribution in [0.25, 0.3) is 28.2 Å². The first-order valence-electron chi connectivity index (χ1n) is 9.87. The monoisotopic (exact) mass is 409 g/mol. The second-order valence-electron chi connectivity index (χ2n) is 7.22. The van der Waals surface area contributed by atoms with E-state index in [-0.39, 0.29) is 12.3 Å². The summed E-state index contributed by atoms with van der Waals surface area (Å²) in [5.41, 5.74) is 5.66. The molecule has 1 N–H and O–H groups in total. The molecule has 0 aliphatic heterocycles. The van der Waals surface area contributed by atoms with E-state index in [0.29, 0.717) is 11.4 Å². The van der Waals surface area contributed by atoms with Crippen LogP contribution in [0.3, 0.4) is 0 Å². The molecule has 0 spiro atoms. The molecular formula is C24H19N5O2. The molecule has 5 aromatic rings. The van der Waals surface area contributed by atoms with Gasteiger partial charge in [-0.3, -0.25) is 9.78 Å². The number of aryl methyl sites for hydroxylation is 1. The van der Waals surface area contributed by atoms with Crippen LogP contribution in [0.15, 0.2) is 83.9 Å². The fourth-order valence-electron chi connectivity index (χ4n) is 3.55. The van der Waals surface area contributed by atoms with Crippen LogP contribution in [0.4, 0.5) is 5.69 Å². The number of carbonyl (C=O) groups excluding carboxylic acids is 1. The zero-order valence-electron chi connectivity index (χ0n) is 16.8. The van der Waals surface area contributed by atoms with Gasteiger partial charge in [0, 0.05) is 30.4 Å². The highest BCUT2D eigenvalue weighted by atomic mass is 16.5. The van der Waals surface area contributed by atoms with Crippen LogP contribution in [0.5, 0.6) is 0 Å². The highest BCUT2D eigenvalue weighted by Crippen LogP contribution is 2.33. The fraction of sp³-hybridized carbons (Fsp3) is 0.0833. The molecule has 4 heterocycles. The number of pyridine rings is 2. The molecule has 0 fully saturated rings. The van der Waals surface area contributed by atoms with Gasteiger partial charge >= 0.3 is 0 Å². The van der Waals surface area contributed by atoms with Gasteiger partial charge < -0.3 is 14.2 Å². The average molecular weight is 409 g/mol. The quantitative estimate of drug-likeness (QED) is 0.461. The summed E-state index contributed by atoms with van der Waals surface area (Å²) in [5.74, 6) is 0.598. The number of hydrogen-bond donors (Lipinski definition) is 1. The highest BCUT2D eigenvalue weighted by Gasteiger charge is 2.19. The van der Waals surface area contributed by atoms with Crippen LogP contribution in [-0.4, -0.2) is 25.4 Å². The first-order chi connectivity index (χ1) is 15.2. The number of rotatable bonds is 5. The third-order valence-corrected chi connectivity index (χ3v) is 4.99. The van der Waals surface area contributed by atoms with E-state index in [1.165, 1.54) is 0 Å². The molecule has 0 aliphatic carbocycles. The third-order valence-electron chi connectivity index (χ3n) is 4.99. The number of imidazole rings is 1. The summed E-state index contributed by atoms with van der Waals surface area (Å²) >= 11 is 0. The minimum Gasteiger partial charge on any atom is -0.360 e. The van der Waals surface area contributed by atoms with Gasteiger partial charge in [0.15, 0.2) is 0 Å². The van der Waals surface area contributed by atoms with Gasteiger partial charge in [-0.05, 0) is 30.7 Å². The average Bonchev–Trinajstić information content (AvgIpc) is 3.37. The summed E-state index contributed by atoms with van der Waals surface area (Å²) in [4.78, 5) is 21.1. The summed E-state index contributed by atoms with van der Waals surface area (Å²) in [6.45, 7) is 1.88. The van der Waals surface area contributed by atoms with Crippen LogP contribution >= 0.6 is 0 Å². The molecule has 5 rings (SSSR count). The second-order valence-corrected chi connectivity index (χ2v) is 7.22. The van der Waals surface area contributed by atoms with Crippen LogP contribution < -0.4 is 5.32 Å². The van der Waals surface area contributed by atoms with Gasteiger partial charge in [-0.25, -0.2) is 4.98 Å². The van der Waals surface area contributed by atoms with Crippen LogP contribution in [0, 0.1) is 6.92 Å². The van der Waals surface area contributed by atoms with Crippen molar-refractivity contribution in [2.45, 2.75) is 13.3 Å². The van der Waals surface area contributed by atoms with Crippen molar-refractivity contribution in [2.24, 2.45) is 0 Å². The second kappa shape index (κ2) is 7.87. The van der Waals surface area contributed by atoms with Crippen molar-refractivity contribution in [2.75, 3.05) is 5.32 Å². The number of carbonyl (C=O) groups is 1. The van der Waals surface area contributed by atoms with E-state index in [9.17, 15) is 4.79 Å². The van der Waals surface area contributed by atoms with Crippen molar-refractivity contribution >= 4 is 17.2 Å². The van der Waals surface area contributed by atoms with E-state index >= 15 is 0 Å². The zero-order chi connectivity index (χ0) is 21.2. The fourth-order valence-corrected chi connectivity index (χ4v) is 3.55. The molecule has 0 saturated carbocycles. The van der Waals surface area contributed by atoms with Gasteiger partial charge in [0.25, 0.3) is 0 Å². The summed E-state index contributed by atoms with van der Waals surface area (Å²) in [6.07, 6.45) is 7.40. The van der Waals surface area contributed by atoms with Gasteiger partial charge in [-0.15, -0.1) is 0 Å². The minimum atomic E-state index is -0.103. The Morgan fingerprint density at radius 2 is 1.94 bits per heavy atom. The molecule has 0 atom stereocenters. The molecule has 0 bridgehead atoms. The van der Waals surface area contributed by atoms with Crippen molar-refractivity contribution in [1.82, 2.24) is 19.5 Å². The Morgan fingerprint density at radius 3 is 2.74 bits per heavy atom. The smallest absolute Gasteiger partial charge is 0.228 e. The standard InChI is InChI=1S/C24H19N5O2/c1-16-23(24(28-31-16)18-7-3-2-4-8-18)20-15-29-14-19(9-10-21(29)27-20)26-22(30)12-17-6-5-11-25-13-17/h2-11,13-15H,12H2,1H3,(H,26,30). The number of anilines is 1. The minimum absolute atomic E-state index is 0.103. The van der Waals surface area contributed by atoms with Gasteiger partial charge in [-0.1, -0.05) is 41.6 Å². The molecule has 0 saturated heterocycles. The number of amides is 1. The van der Waals surface area contributed by atoms with E-state index in [0.717, 1.165) is 33.7 Å². The number of nitrogens with zero attached hydrogens (tertiary/aromatic N) is 4. The van der Waals surface area contributed by atoms with E-state index in [1.54, 1.807) is 12.4 Å². The SMILES string of the molecule is Cc1onc(-c2ccccc2)c1-c1cn2cc(NC(=O)Cc3cccnc3)ccc2n1. The molecule has 0 radical (unpaired) electrons. The Kier molecular flexibility index (Phi) is 4.76. The Morgan fingerprint density at radius 1 is 1.06 bits per heavy atom. The normalized spacial score (nSPS) is 11.0. The number of benzene rings is 1. The first kappa shape index (κ1) is 18.7. The van der Waals surface area contributed by atoms with Crippen molar-refractivity contribution < 1.29 is 9.32 Å². The van der Waals surface area contributed by atoms with E-state index in [1.807, 2.05) is 78.3 Å². The van der Waals surface area contributed by atoms with Crippen molar-refractivity contribution in [3.8, 4) is 22.5 Å². The predicted octanol–water partition coefficient (Wildman–Crippen LogP) is 4.54. The molecule has 1 aromatic carbocycles. The number of fused-ring (bicyclic) bond motifs is 1. The zero-order valence-corrected chi connectivity index (χ0v) is 16.8. The molecule has 7 nitrogen and oxygen atoms in total. The lowest BCUT2D eigenvalue weighted by Gasteiger charge is -2.05. The molecular weight excluding hydrogens is 390 g/mol. The van der Waals surface area contributed by atoms with E-state index in [4.69, 9.17) is 9.51 Å². The van der Waals surface area contributed by atoms with Crippen LogP contribution in [0.1, 0.15) is 11.3 Å². The predicted molar refractivity (Wildman–Crippen MR) is 117 cm³/mol. The summed E-state index contributed by atoms with van der Waals surface area (Å²) in [6, 6.07) is 17.3. The summed E-state index contributed by atoms with van der Waals surface area (Å²) in [5, 5.41) is 7.17. The lowest BCUT2D eigenvalue weighted by atomic mass is 10.0. The number of aromatic nitrogens is 4. The molecule has 31 heavy (non-hydrogen) atoms. The van der Waals surface area contributed by atoms with Crippen molar-refractivity contribution in [1.29, 1.82) is 0 Å². The Labute approximate surface area is 178 Å². The lowest BCUT2D eigenvalue weighted by Crippen LogP contribution is -2.14. The van der Waals surface area contributed by atoms with Gasteiger partial charge in [-0.2, -0.15) is 0 Å².